The number of rotatable bonds is 2. The molecule has 5 aromatic rings. The zero-order valence-electron chi connectivity index (χ0n) is 20.3. The van der Waals surface area contributed by atoms with E-state index in [1.165, 1.54) is 0 Å². The Kier molecular flexibility index (Phi) is 6.98. The van der Waals surface area contributed by atoms with Gasteiger partial charge in [-0.1, -0.05) is 84.9 Å². The molecule has 4 nitrogen and oxygen atoms in total. The maximum atomic E-state index is 5.01. The summed E-state index contributed by atoms with van der Waals surface area (Å²) in [5.41, 5.74) is 10.8. The molecule has 0 amide bonds. The van der Waals surface area contributed by atoms with Crippen LogP contribution < -0.4 is 9.97 Å². The van der Waals surface area contributed by atoms with Crippen molar-refractivity contribution < 1.29 is 16.5 Å². The van der Waals surface area contributed by atoms with E-state index in [1.54, 1.807) is 0 Å². The third-order valence-electron chi connectivity index (χ3n) is 6.61. The minimum atomic E-state index is 0. The van der Waals surface area contributed by atoms with Crippen molar-refractivity contribution in [2.24, 2.45) is 0 Å². The van der Waals surface area contributed by atoms with Crippen molar-refractivity contribution in [3.63, 3.8) is 0 Å². The third kappa shape index (κ3) is 4.65. The number of benzene rings is 2. The van der Waals surface area contributed by atoms with Gasteiger partial charge in [0.25, 0.3) is 0 Å². The van der Waals surface area contributed by atoms with Crippen LogP contribution >= 0.6 is 31.9 Å². The second-order valence-corrected chi connectivity index (χ2v) is 10.6. The van der Waals surface area contributed by atoms with Crippen LogP contribution in [0.4, 0.5) is 0 Å². The first-order valence-corrected chi connectivity index (χ1v) is 13.7. The third-order valence-corrected chi connectivity index (χ3v) is 8.23. The Morgan fingerprint density at radius 2 is 0.795 bits per heavy atom. The largest absolute Gasteiger partial charge is 2.00 e. The van der Waals surface area contributed by atoms with Gasteiger partial charge in [-0.05, 0) is 78.4 Å². The molecular formula is C32H18Br2N4Ni. The zero-order valence-corrected chi connectivity index (χ0v) is 24.4. The van der Waals surface area contributed by atoms with Gasteiger partial charge >= 0.3 is 16.5 Å². The number of halogens is 2. The Labute approximate surface area is 252 Å². The van der Waals surface area contributed by atoms with Crippen LogP contribution in [0.25, 0.3) is 68.6 Å². The van der Waals surface area contributed by atoms with Gasteiger partial charge in [0.15, 0.2) is 0 Å². The van der Waals surface area contributed by atoms with Gasteiger partial charge in [-0.15, -0.1) is 22.1 Å². The van der Waals surface area contributed by atoms with Crippen molar-refractivity contribution in [3.05, 3.63) is 117 Å². The Bertz CT molecular complexity index is 1800. The van der Waals surface area contributed by atoms with Gasteiger partial charge in [-0.25, -0.2) is 9.97 Å². The predicted molar refractivity (Wildman–Crippen MR) is 163 cm³/mol. The first-order chi connectivity index (χ1) is 18.7. The average molecular weight is 677 g/mol. The van der Waals surface area contributed by atoms with Crippen LogP contribution in [0.3, 0.4) is 0 Å². The van der Waals surface area contributed by atoms with Crippen LogP contribution in [-0.2, 0) is 16.5 Å². The normalized spacial score (nSPS) is 11.9. The van der Waals surface area contributed by atoms with Crippen molar-refractivity contribution >= 4 is 78.2 Å². The summed E-state index contributed by atoms with van der Waals surface area (Å²) in [6, 6.07) is 28.6. The number of hydrogen-bond acceptors (Lipinski definition) is 2. The molecule has 7 heteroatoms. The van der Waals surface area contributed by atoms with E-state index < -0.39 is 0 Å². The Hall–Kier alpha value is -3.51. The van der Waals surface area contributed by atoms with E-state index in [0.29, 0.717) is 0 Å². The minimum Gasteiger partial charge on any atom is -0.656 e. The smallest absolute Gasteiger partial charge is 0.656 e. The monoisotopic (exact) mass is 674 g/mol. The van der Waals surface area contributed by atoms with Crippen molar-refractivity contribution in [3.8, 4) is 22.3 Å². The molecule has 2 aliphatic rings. The number of hydrogen-bond donors (Lipinski definition) is 0. The van der Waals surface area contributed by atoms with E-state index in [2.05, 4.69) is 56.1 Å². The van der Waals surface area contributed by atoms with Crippen molar-refractivity contribution in [2.45, 2.75) is 0 Å². The molecule has 0 saturated carbocycles. The number of aromatic nitrogens is 4. The number of nitrogens with zero attached hydrogens (tertiary/aromatic N) is 4. The maximum Gasteiger partial charge on any atom is 2.00 e. The topological polar surface area (TPSA) is 54.0 Å². The molecule has 0 saturated heterocycles. The fourth-order valence-electron chi connectivity index (χ4n) is 4.82. The number of fused-ring (bicyclic) bond motifs is 8. The van der Waals surface area contributed by atoms with Gasteiger partial charge in [-0.2, -0.15) is 0 Å². The summed E-state index contributed by atoms with van der Waals surface area (Å²) in [5.74, 6) is 0. The van der Waals surface area contributed by atoms with Crippen LogP contribution in [0.15, 0.2) is 93.9 Å². The van der Waals surface area contributed by atoms with Gasteiger partial charge in [0.05, 0.1) is 22.8 Å². The molecule has 0 fully saturated rings. The summed E-state index contributed by atoms with van der Waals surface area (Å²) in [6.07, 6.45) is 8.13. The van der Waals surface area contributed by atoms with Gasteiger partial charge in [0.1, 0.15) is 0 Å². The molecule has 190 valence electrons. The molecule has 0 unspecified atom stereocenters. The maximum absolute atomic E-state index is 5.01. The van der Waals surface area contributed by atoms with Crippen molar-refractivity contribution in [2.75, 3.05) is 0 Å². The molecule has 2 aliphatic heterocycles. The van der Waals surface area contributed by atoms with E-state index in [0.717, 1.165) is 76.0 Å². The summed E-state index contributed by atoms with van der Waals surface area (Å²) in [4.78, 5) is 20.1. The van der Waals surface area contributed by atoms with Crippen LogP contribution in [0, 0.1) is 0 Å². The van der Waals surface area contributed by atoms with Gasteiger partial charge in [-0.3, -0.25) is 0 Å². The Morgan fingerprint density at radius 3 is 1.21 bits per heavy atom. The van der Waals surface area contributed by atoms with Crippen LogP contribution in [0.1, 0.15) is 22.8 Å². The molecule has 0 spiro atoms. The summed E-state index contributed by atoms with van der Waals surface area (Å²) in [6.45, 7) is 0. The van der Waals surface area contributed by atoms with Gasteiger partial charge in [0.2, 0.25) is 0 Å². The molecule has 39 heavy (non-hydrogen) atoms. The second-order valence-electron chi connectivity index (χ2n) is 8.97. The van der Waals surface area contributed by atoms with Gasteiger partial charge in [0, 0.05) is 8.95 Å². The zero-order chi connectivity index (χ0) is 25.6. The Balaban J connectivity index is 0.00000277. The molecule has 0 aliphatic carbocycles. The summed E-state index contributed by atoms with van der Waals surface area (Å²) < 4.78 is 1.68. The fraction of sp³-hybridized carbons (Fsp3) is 0. The Morgan fingerprint density at radius 1 is 0.436 bits per heavy atom. The van der Waals surface area contributed by atoms with Gasteiger partial charge < -0.3 is 9.97 Å². The predicted octanol–water partition coefficient (Wildman–Crippen LogP) is 8.77. The average Bonchev–Trinajstić information content (AvgIpc) is 3.77. The summed E-state index contributed by atoms with van der Waals surface area (Å²) >= 11 is 7.58. The van der Waals surface area contributed by atoms with Crippen LogP contribution in [-0.4, -0.2) is 9.97 Å². The molecule has 7 rings (SSSR count). The molecule has 0 atom stereocenters. The first-order valence-electron chi connectivity index (χ1n) is 12.1. The van der Waals surface area contributed by atoms with E-state index in [9.17, 15) is 0 Å². The second kappa shape index (κ2) is 10.6. The van der Waals surface area contributed by atoms with Crippen molar-refractivity contribution in [1.29, 1.82) is 0 Å². The standard InChI is InChI=1S/C32H18Br2N4.Ni/c33-31-25-15-11-21(35-25)29(19-7-3-1-4-8-19)22-12-16-26(36-22)32(34)28-18-14-24(38-28)30(20-9-5-2-6-10-20)23-13-17-27(31)37-23;/h1-18H;/q-2;+2. The molecule has 2 aromatic carbocycles. The molecule has 0 radical (unpaired) electrons. The van der Waals surface area contributed by atoms with Crippen molar-refractivity contribution in [1.82, 2.24) is 19.9 Å². The summed E-state index contributed by atoms with van der Waals surface area (Å²) in [5, 5.41) is 0. The molecular weight excluding hydrogens is 659 g/mol. The van der Waals surface area contributed by atoms with E-state index >= 15 is 0 Å². The van der Waals surface area contributed by atoms with E-state index in [-0.39, 0.29) is 16.5 Å². The summed E-state index contributed by atoms with van der Waals surface area (Å²) in [7, 11) is 0. The van der Waals surface area contributed by atoms with E-state index in [1.807, 2.05) is 85.0 Å². The fourth-order valence-corrected chi connectivity index (χ4v) is 5.70. The first kappa shape index (κ1) is 25.8. The minimum absolute atomic E-state index is 0. The van der Waals surface area contributed by atoms with E-state index in [4.69, 9.17) is 19.9 Å². The molecule has 3 aromatic heterocycles. The van der Waals surface area contributed by atoms with Crippen LogP contribution in [0.2, 0.25) is 0 Å². The quantitative estimate of drug-likeness (QED) is 0.172. The molecule has 5 heterocycles. The molecule has 8 bridgehead atoms. The van der Waals surface area contributed by atoms with Crippen LogP contribution in [0.5, 0.6) is 0 Å². The molecule has 0 N–H and O–H groups in total. The SMILES string of the molecule is Brc1c2nc(c(-c3ccccc3)c3ccc([n-]3)c(Br)c3nc(c(-c4ccccc4)c4ccc1[n-]4)C=C3)C=C2.[Ni+2].